The summed E-state index contributed by atoms with van der Waals surface area (Å²) in [4.78, 5) is 11.4. The summed E-state index contributed by atoms with van der Waals surface area (Å²) >= 11 is 0. The summed E-state index contributed by atoms with van der Waals surface area (Å²) in [6, 6.07) is 20.1. The minimum absolute atomic E-state index is 0.384. The van der Waals surface area contributed by atoms with E-state index >= 15 is 0 Å². The summed E-state index contributed by atoms with van der Waals surface area (Å²) in [6.07, 6.45) is 5.09. The standard InChI is InChI=1S/C20H18N2O2/c1-24-19(23)13-12-18-15-22(14-16-8-4-2-5-9-16)21-20(18)17-10-6-3-7-11-17/h2-13,15H,14H2,1H3/b13-12+. The number of methoxy groups -OCH3 is 1. The summed E-state index contributed by atoms with van der Waals surface area (Å²) in [6.45, 7) is 0.673. The maximum Gasteiger partial charge on any atom is 0.330 e. The van der Waals surface area contributed by atoms with Gasteiger partial charge in [-0.05, 0) is 11.6 Å². The first-order valence-electron chi connectivity index (χ1n) is 7.69. The van der Waals surface area contributed by atoms with E-state index in [1.54, 1.807) is 6.08 Å². The van der Waals surface area contributed by atoms with Crippen LogP contribution in [0.25, 0.3) is 17.3 Å². The third-order valence-corrected chi connectivity index (χ3v) is 3.62. The molecule has 24 heavy (non-hydrogen) atoms. The molecule has 3 rings (SSSR count). The summed E-state index contributed by atoms with van der Waals surface area (Å²) in [7, 11) is 1.36. The molecule has 0 bridgehead atoms. The van der Waals surface area contributed by atoms with E-state index < -0.39 is 0 Å². The van der Waals surface area contributed by atoms with E-state index in [4.69, 9.17) is 5.10 Å². The topological polar surface area (TPSA) is 44.1 Å². The SMILES string of the molecule is COC(=O)/C=C/c1cn(Cc2ccccc2)nc1-c1ccccc1. The molecule has 0 aliphatic rings. The first kappa shape index (κ1) is 15.7. The van der Waals surface area contributed by atoms with Gasteiger partial charge in [-0.2, -0.15) is 5.10 Å². The molecule has 0 amide bonds. The van der Waals surface area contributed by atoms with Gasteiger partial charge in [0.1, 0.15) is 0 Å². The predicted molar refractivity (Wildman–Crippen MR) is 94.3 cm³/mol. The Balaban J connectivity index is 1.96. The van der Waals surface area contributed by atoms with Crippen LogP contribution in [0.5, 0.6) is 0 Å². The van der Waals surface area contributed by atoms with Crippen LogP contribution in [0.4, 0.5) is 0 Å². The van der Waals surface area contributed by atoms with E-state index in [1.165, 1.54) is 18.7 Å². The van der Waals surface area contributed by atoms with Gasteiger partial charge >= 0.3 is 5.97 Å². The molecule has 1 aromatic heterocycles. The smallest absolute Gasteiger partial charge is 0.330 e. The molecule has 2 aromatic carbocycles. The Kier molecular flexibility index (Phi) is 4.87. The van der Waals surface area contributed by atoms with Crippen molar-refractivity contribution in [2.45, 2.75) is 6.54 Å². The molecule has 0 saturated carbocycles. The van der Waals surface area contributed by atoms with Gasteiger partial charge in [-0.3, -0.25) is 4.68 Å². The average molecular weight is 318 g/mol. The highest BCUT2D eigenvalue weighted by atomic mass is 16.5. The molecule has 0 atom stereocenters. The Labute approximate surface area is 141 Å². The molecule has 4 nitrogen and oxygen atoms in total. The molecule has 120 valence electrons. The first-order chi connectivity index (χ1) is 11.8. The van der Waals surface area contributed by atoms with Crippen molar-refractivity contribution < 1.29 is 9.53 Å². The second kappa shape index (κ2) is 7.42. The molecule has 0 radical (unpaired) electrons. The molecule has 1 heterocycles. The van der Waals surface area contributed by atoms with Crippen molar-refractivity contribution in [3.05, 3.63) is 84.1 Å². The van der Waals surface area contributed by atoms with Crippen molar-refractivity contribution in [3.63, 3.8) is 0 Å². The van der Waals surface area contributed by atoms with Gasteiger partial charge in [0.25, 0.3) is 0 Å². The summed E-state index contributed by atoms with van der Waals surface area (Å²) < 4.78 is 6.55. The second-order valence-electron chi connectivity index (χ2n) is 5.34. The van der Waals surface area contributed by atoms with Crippen LogP contribution in [0.2, 0.25) is 0 Å². The number of hydrogen-bond donors (Lipinski definition) is 0. The van der Waals surface area contributed by atoms with Crippen LogP contribution in [0, 0.1) is 0 Å². The highest BCUT2D eigenvalue weighted by Crippen LogP contribution is 2.23. The number of esters is 1. The third kappa shape index (κ3) is 3.79. The average Bonchev–Trinajstić information content (AvgIpc) is 3.04. The Morgan fingerprint density at radius 1 is 1.08 bits per heavy atom. The number of hydrogen-bond acceptors (Lipinski definition) is 3. The number of benzene rings is 2. The summed E-state index contributed by atoms with van der Waals surface area (Å²) in [5.41, 5.74) is 3.89. The van der Waals surface area contributed by atoms with E-state index in [1.807, 2.05) is 59.4 Å². The lowest BCUT2D eigenvalue weighted by Gasteiger charge is -2.01. The fourth-order valence-electron chi connectivity index (χ4n) is 2.46. The lowest BCUT2D eigenvalue weighted by molar-refractivity contribution is -0.134. The first-order valence-corrected chi connectivity index (χ1v) is 7.69. The Bertz CT molecular complexity index is 837. The van der Waals surface area contributed by atoms with Gasteiger partial charge < -0.3 is 4.74 Å². The fourth-order valence-corrected chi connectivity index (χ4v) is 2.46. The summed E-state index contributed by atoms with van der Waals surface area (Å²) in [5, 5.41) is 4.69. The van der Waals surface area contributed by atoms with Crippen LogP contribution in [0.3, 0.4) is 0 Å². The molecule has 0 N–H and O–H groups in total. The zero-order chi connectivity index (χ0) is 16.8. The van der Waals surface area contributed by atoms with Crippen molar-refractivity contribution in [2.24, 2.45) is 0 Å². The van der Waals surface area contributed by atoms with Crippen LogP contribution in [-0.4, -0.2) is 22.9 Å². The molecule has 0 saturated heterocycles. The van der Waals surface area contributed by atoms with E-state index in [0.717, 1.165) is 16.8 Å². The highest BCUT2D eigenvalue weighted by molar-refractivity contribution is 5.88. The molecule has 0 aliphatic heterocycles. The Morgan fingerprint density at radius 2 is 1.75 bits per heavy atom. The Hall–Kier alpha value is -3.14. The Morgan fingerprint density at radius 3 is 2.42 bits per heavy atom. The summed E-state index contributed by atoms with van der Waals surface area (Å²) in [5.74, 6) is -0.384. The molecule has 0 fully saturated rings. The second-order valence-corrected chi connectivity index (χ2v) is 5.34. The zero-order valence-electron chi connectivity index (χ0n) is 13.4. The van der Waals surface area contributed by atoms with Crippen LogP contribution in [-0.2, 0) is 16.1 Å². The normalized spacial score (nSPS) is 10.9. The number of carbonyl (C=O) groups is 1. The van der Waals surface area contributed by atoms with Crippen LogP contribution >= 0.6 is 0 Å². The van der Waals surface area contributed by atoms with Crippen molar-refractivity contribution in [1.82, 2.24) is 9.78 Å². The van der Waals surface area contributed by atoms with Gasteiger partial charge in [0.15, 0.2) is 0 Å². The van der Waals surface area contributed by atoms with E-state index in [2.05, 4.69) is 16.9 Å². The highest BCUT2D eigenvalue weighted by Gasteiger charge is 2.10. The van der Waals surface area contributed by atoms with Crippen molar-refractivity contribution in [1.29, 1.82) is 0 Å². The molecular weight excluding hydrogens is 300 g/mol. The van der Waals surface area contributed by atoms with E-state index in [-0.39, 0.29) is 5.97 Å². The number of rotatable bonds is 5. The predicted octanol–water partition coefficient (Wildman–Crippen LogP) is 3.78. The van der Waals surface area contributed by atoms with Crippen molar-refractivity contribution >= 4 is 12.0 Å². The van der Waals surface area contributed by atoms with Gasteiger partial charge in [0.2, 0.25) is 0 Å². The van der Waals surface area contributed by atoms with Crippen LogP contribution in [0.1, 0.15) is 11.1 Å². The number of ether oxygens (including phenoxy) is 1. The molecule has 4 heteroatoms. The van der Waals surface area contributed by atoms with Gasteiger partial charge in [0, 0.05) is 23.4 Å². The number of carbonyl (C=O) groups excluding carboxylic acids is 1. The number of nitrogens with zero attached hydrogens (tertiary/aromatic N) is 2. The lowest BCUT2D eigenvalue weighted by Crippen LogP contribution is -1.99. The molecular formula is C20H18N2O2. The van der Waals surface area contributed by atoms with E-state index in [0.29, 0.717) is 6.54 Å². The maximum absolute atomic E-state index is 11.4. The fraction of sp³-hybridized carbons (Fsp3) is 0.100. The van der Waals surface area contributed by atoms with Gasteiger partial charge in [-0.15, -0.1) is 0 Å². The monoisotopic (exact) mass is 318 g/mol. The van der Waals surface area contributed by atoms with Crippen molar-refractivity contribution in [3.8, 4) is 11.3 Å². The minimum atomic E-state index is -0.384. The molecule has 0 unspecified atom stereocenters. The molecule has 0 aliphatic carbocycles. The van der Waals surface area contributed by atoms with Gasteiger partial charge in [-0.1, -0.05) is 60.7 Å². The number of aromatic nitrogens is 2. The zero-order valence-corrected chi connectivity index (χ0v) is 13.4. The van der Waals surface area contributed by atoms with Gasteiger partial charge in [0.05, 0.1) is 19.3 Å². The molecule has 3 aromatic rings. The minimum Gasteiger partial charge on any atom is -0.466 e. The largest absolute Gasteiger partial charge is 0.466 e. The van der Waals surface area contributed by atoms with Crippen LogP contribution < -0.4 is 0 Å². The van der Waals surface area contributed by atoms with Crippen molar-refractivity contribution in [2.75, 3.05) is 7.11 Å². The third-order valence-electron chi connectivity index (χ3n) is 3.62. The quantitative estimate of drug-likeness (QED) is 0.531. The lowest BCUT2D eigenvalue weighted by atomic mass is 10.1. The van der Waals surface area contributed by atoms with E-state index in [9.17, 15) is 4.79 Å². The molecule has 0 spiro atoms. The van der Waals surface area contributed by atoms with Crippen LogP contribution in [0.15, 0.2) is 72.9 Å². The maximum atomic E-state index is 11.4. The van der Waals surface area contributed by atoms with Gasteiger partial charge in [-0.25, -0.2) is 4.79 Å².